The van der Waals surface area contributed by atoms with Gasteiger partial charge in [0, 0.05) is 26.7 Å². The second-order valence-corrected chi connectivity index (χ2v) is 4.73. The number of ketones is 1. The quantitative estimate of drug-likeness (QED) is 0.802. The third-order valence-electron chi connectivity index (χ3n) is 3.74. The first kappa shape index (κ1) is 13.2. The first-order chi connectivity index (χ1) is 8.79. The Morgan fingerprint density at radius 1 is 1.28 bits per heavy atom. The molecule has 0 unspecified atom stereocenters. The van der Waals surface area contributed by atoms with Gasteiger partial charge in [0.1, 0.15) is 5.78 Å². The van der Waals surface area contributed by atoms with Gasteiger partial charge >= 0.3 is 0 Å². The van der Waals surface area contributed by atoms with Crippen LogP contribution >= 0.6 is 0 Å². The summed E-state index contributed by atoms with van der Waals surface area (Å²) in [5.74, 6) is 0.277. The molecule has 1 heterocycles. The van der Waals surface area contributed by atoms with Crippen LogP contribution in [-0.4, -0.2) is 32.7 Å². The van der Waals surface area contributed by atoms with E-state index in [9.17, 15) is 4.79 Å². The molecule has 0 spiro atoms. The largest absolute Gasteiger partial charge is 0.384 e. The van der Waals surface area contributed by atoms with Crippen molar-refractivity contribution < 1.29 is 14.3 Å². The van der Waals surface area contributed by atoms with Crippen molar-refractivity contribution in [2.45, 2.75) is 24.7 Å². The Balaban J connectivity index is 2.25. The lowest BCUT2D eigenvalue weighted by molar-refractivity contribution is -0.129. The smallest absolute Gasteiger partial charge is 0.145 e. The van der Waals surface area contributed by atoms with Crippen molar-refractivity contribution in [2.24, 2.45) is 0 Å². The molecule has 1 aromatic carbocycles. The molecule has 1 saturated heterocycles. The predicted molar refractivity (Wildman–Crippen MR) is 69.7 cm³/mol. The molecule has 0 N–H and O–H groups in total. The van der Waals surface area contributed by atoms with Crippen LogP contribution in [0.3, 0.4) is 0 Å². The minimum absolute atomic E-state index is 0.277. The highest BCUT2D eigenvalue weighted by molar-refractivity contribution is 5.90. The molecule has 1 fully saturated rings. The maximum atomic E-state index is 12.5. The summed E-state index contributed by atoms with van der Waals surface area (Å²) < 4.78 is 10.4. The fourth-order valence-corrected chi connectivity index (χ4v) is 2.64. The van der Waals surface area contributed by atoms with Crippen molar-refractivity contribution >= 4 is 5.78 Å². The maximum Gasteiger partial charge on any atom is 0.145 e. The molecule has 3 heteroatoms. The fourth-order valence-electron chi connectivity index (χ4n) is 2.64. The van der Waals surface area contributed by atoms with Gasteiger partial charge in [-0.1, -0.05) is 30.3 Å². The molecule has 1 aliphatic heterocycles. The number of rotatable bonds is 5. The van der Waals surface area contributed by atoms with Crippen molar-refractivity contribution in [1.29, 1.82) is 0 Å². The molecule has 3 nitrogen and oxygen atoms in total. The SMILES string of the molecule is COCCC(=O)C1(c2ccccc2)CCOCC1. The molecule has 98 valence electrons. The van der Waals surface area contributed by atoms with Gasteiger partial charge in [-0.25, -0.2) is 0 Å². The van der Waals surface area contributed by atoms with Gasteiger partial charge in [0.2, 0.25) is 0 Å². The Labute approximate surface area is 108 Å². The van der Waals surface area contributed by atoms with Crippen LogP contribution in [0.5, 0.6) is 0 Å². The number of methoxy groups -OCH3 is 1. The van der Waals surface area contributed by atoms with Crippen LogP contribution in [0.4, 0.5) is 0 Å². The molecular formula is C15H20O3. The first-order valence-corrected chi connectivity index (χ1v) is 6.45. The molecular weight excluding hydrogens is 228 g/mol. The third kappa shape index (κ3) is 2.62. The lowest BCUT2D eigenvalue weighted by Gasteiger charge is -2.36. The van der Waals surface area contributed by atoms with E-state index in [1.54, 1.807) is 7.11 Å². The van der Waals surface area contributed by atoms with E-state index >= 15 is 0 Å². The van der Waals surface area contributed by atoms with Crippen LogP contribution in [0.25, 0.3) is 0 Å². The number of Topliss-reactive ketones (excluding diaryl/α,β-unsaturated/α-hetero) is 1. The second-order valence-electron chi connectivity index (χ2n) is 4.73. The van der Waals surface area contributed by atoms with Crippen LogP contribution < -0.4 is 0 Å². The number of hydrogen-bond acceptors (Lipinski definition) is 3. The number of carbonyl (C=O) groups is 1. The standard InChI is InChI=1S/C15H20O3/c1-17-10-7-14(16)15(8-11-18-12-9-15)13-5-3-2-4-6-13/h2-6H,7-12H2,1H3. The Kier molecular flexibility index (Phi) is 4.50. The van der Waals surface area contributed by atoms with Crippen molar-refractivity contribution in [3.63, 3.8) is 0 Å². The van der Waals surface area contributed by atoms with Gasteiger partial charge in [-0.3, -0.25) is 4.79 Å². The zero-order chi connectivity index (χ0) is 12.8. The molecule has 0 bridgehead atoms. The van der Waals surface area contributed by atoms with E-state index in [2.05, 4.69) is 12.1 Å². The van der Waals surface area contributed by atoms with Crippen molar-refractivity contribution in [2.75, 3.05) is 26.9 Å². The molecule has 18 heavy (non-hydrogen) atoms. The molecule has 0 atom stereocenters. The zero-order valence-corrected chi connectivity index (χ0v) is 10.9. The van der Waals surface area contributed by atoms with Gasteiger partial charge in [-0.15, -0.1) is 0 Å². The van der Waals surface area contributed by atoms with E-state index < -0.39 is 0 Å². The van der Waals surface area contributed by atoms with E-state index in [0.717, 1.165) is 18.4 Å². The average Bonchev–Trinajstić information content (AvgIpc) is 2.46. The molecule has 0 aromatic heterocycles. The summed E-state index contributed by atoms with van der Waals surface area (Å²) in [6, 6.07) is 10.1. The lowest BCUT2D eigenvalue weighted by Crippen LogP contribution is -2.41. The predicted octanol–water partition coefficient (Wildman–Crippen LogP) is 2.34. The normalized spacial score (nSPS) is 18.5. The van der Waals surface area contributed by atoms with Crippen LogP contribution in [0.1, 0.15) is 24.8 Å². The highest BCUT2D eigenvalue weighted by Crippen LogP contribution is 2.36. The highest BCUT2D eigenvalue weighted by atomic mass is 16.5. The van der Waals surface area contributed by atoms with Gasteiger partial charge in [-0.2, -0.15) is 0 Å². The summed E-state index contributed by atoms with van der Waals surface area (Å²) in [5, 5.41) is 0. The minimum Gasteiger partial charge on any atom is -0.384 e. The fraction of sp³-hybridized carbons (Fsp3) is 0.533. The Morgan fingerprint density at radius 2 is 1.94 bits per heavy atom. The number of ether oxygens (including phenoxy) is 2. The van der Waals surface area contributed by atoms with E-state index in [1.165, 1.54) is 0 Å². The summed E-state index contributed by atoms with van der Waals surface area (Å²) in [6.07, 6.45) is 2.03. The lowest BCUT2D eigenvalue weighted by atomic mass is 9.70. The van der Waals surface area contributed by atoms with Crippen molar-refractivity contribution in [3.05, 3.63) is 35.9 Å². The van der Waals surface area contributed by atoms with Gasteiger partial charge in [0.15, 0.2) is 0 Å². The van der Waals surface area contributed by atoms with Gasteiger partial charge in [0.25, 0.3) is 0 Å². The van der Waals surface area contributed by atoms with Crippen molar-refractivity contribution in [3.8, 4) is 0 Å². The van der Waals surface area contributed by atoms with Crippen LogP contribution in [0.2, 0.25) is 0 Å². The second kappa shape index (κ2) is 6.12. The summed E-state index contributed by atoms with van der Waals surface area (Å²) >= 11 is 0. The average molecular weight is 248 g/mol. The number of hydrogen-bond donors (Lipinski definition) is 0. The molecule has 1 aromatic rings. The maximum absolute atomic E-state index is 12.5. The van der Waals surface area contributed by atoms with E-state index in [0.29, 0.717) is 26.2 Å². The van der Waals surface area contributed by atoms with Gasteiger partial charge < -0.3 is 9.47 Å². The van der Waals surface area contributed by atoms with Gasteiger partial charge in [-0.05, 0) is 18.4 Å². The van der Waals surface area contributed by atoms with E-state index in [4.69, 9.17) is 9.47 Å². The molecule has 0 radical (unpaired) electrons. The first-order valence-electron chi connectivity index (χ1n) is 6.45. The van der Waals surface area contributed by atoms with Gasteiger partial charge in [0.05, 0.1) is 12.0 Å². The molecule has 2 rings (SSSR count). The van der Waals surface area contributed by atoms with Crippen LogP contribution in [0.15, 0.2) is 30.3 Å². The minimum atomic E-state index is -0.363. The highest BCUT2D eigenvalue weighted by Gasteiger charge is 2.40. The topological polar surface area (TPSA) is 35.5 Å². The summed E-state index contributed by atoms with van der Waals surface area (Å²) in [4.78, 5) is 12.5. The summed E-state index contributed by atoms with van der Waals surface area (Å²) in [6.45, 7) is 1.81. The summed E-state index contributed by atoms with van der Waals surface area (Å²) in [7, 11) is 1.63. The third-order valence-corrected chi connectivity index (χ3v) is 3.74. The molecule has 0 aliphatic carbocycles. The molecule has 1 aliphatic rings. The van der Waals surface area contributed by atoms with E-state index in [-0.39, 0.29) is 11.2 Å². The zero-order valence-electron chi connectivity index (χ0n) is 10.9. The monoisotopic (exact) mass is 248 g/mol. The van der Waals surface area contributed by atoms with Crippen LogP contribution in [0, 0.1) is 0 Å². The summed E-state index contributed by atoms with van der Waals surface area (Å²) in [5.41, 5.74) is 0.757. The Hall–Kier alpha value is -1.19. The van der Waals surface area contributed by atoms with Crippen molar-refractivity contribution in [1.82, 2.24) is 0 Å². The van der Waals surface area contributed by atoms with E-state index in [1.807, 2.05) is 18.2 Å². The van der Waals surface area contributed by atoms with Crippen LogP contribution in [-0.2, 0) is 19.7 Å². The number of carbonyl (C=O) groups excluding carboxylic acids is 1. The number of benzene rings is 1. The molecule has 0 saturated carbocycles. The molecule has 0 amide bonds. The Morgan fingerprint density at radius 3 is 2.56 bits per heavy atom. The Bertz CT molecular complexity index is 380.